The van der Waals surface area contributed by atoms with Crippen molar-refractivity contribution in [2.45, 2.75) is 33.2 Å². The minimum atomic E-state index is 0.189. The number of benzene rings is 1. The second-order valence-corrected chi connectivity index (χ2v) is 6.12. The third kappa shape index (κ3) is 2.08. The first-order valence-corrected chi connectivity index (χ1v) is 7.60. The molecule has 0 amide bonds. The van der Waals surface area contributed by atoms with Gasteiger partial charge in [0.05, 0.1) is 17.1 Å². The Bertz CT molecular complexity index is 756. The molecule has 0 spiro atoms. The summed E-state index contributed by atoms with van der Waals surface area (Å²) in [6.45, 7) is 6.35. The quantitative estimate of drug-likeness (QED) is 0.749. The number of aryl methyl sites for hydroxylation is 2. The Labute approximate surface area is 122 Å². The molecule has 3 aromatic rings. The normalized spacial score (nSPS) is 12.9. The van der Waals surface area contributed by atoms with Crippen molar-refractivity contribution in [3.8, 4) is 0 Å². The van der Waals surface area contributed by atoms with Crippen LogP contribution in [0.2, 0.25) is 0 Å². The fourth-order valence-corrected chi connectivity index (χ4v) is 3.41. The average Bonchev–Trinajstić information content (AvgIpc) is 3.01. The van der Waals surface area contributed by atoms with Crippen molar-refractivity contribution < 1.29 is 0 Å². The van der Waals surface area contributed by atoms with Crippen LogP contribution < -0.4 is 5.73 Å². The maximum atomic E-state index is 5.83. The maximum Gasteiger partial charge on any atom is 0.115 e. The van der Waals surface area contributed by atoms with Gasteiger partial charge in [0.1, 0.15) is 10.8 Å². The SMILES string of the molecule is CCc1cnc(C(C)n2c(C)nc3cc(N)ccc32)s1. The highest BCUT2D eigenvalue weighted by atomic mass is 32.1. The lowest BCUT2D eigenvalue weighted by atomic mass is 10.2. The van der Waals surface area contributed by atoms with E-state index in [1.54, 1.807) is 11.3 Å². The highest BCUT2D eigenvalue weighted by Crippen LogP contribution is 2.29. The summed E-state index contributed by atoms with van der Waals surface area (Å²) in [5.74, 6) is 0.992. The first-order chi connectivity index (χ1) is 9.60. The first-order valence-electron chi connectivity index (χ1n) is 6.78. The van der Waals surface area contributed by atoms with Crippen LogP contribution in [0.5, 0.6) is 0 Å². The molecule has 0 bridgehead atoms. The van der Waals surface area contributed by atoms with E-state index in [4.69, 9.17) is 5.73 Å². The largest absolute Gasteiger partial charge is 0.399 e. The van der Waals surface area contributed by atoms with E-state index in [1.807, 2.05) is 31.3 Å². The summed E-state index contributed by atoms with van der Waals surface area (Å²) in [5.41, 5.74) is 8.63. The molecular weight excluding hydrogens is 268 g/mol. The van der Waals surface area contributed by atoms with Crippen molar-refractivity contribution in [3.05, 3.63) is 40.1 Å². The van der Waals surface area contributed by atoms with E-state index in [9.17, 15) is 0 Å². The smallest absolute Gasteiger partial charge is 0.115 e. The van der Waals surface area contributed by atoms with Crippen LogP contribution in [0.1, 0.15) is 35.6 Å². The van der Waals surface area contributed by atoms with Gasteiger partial charge in [-0.05, 0) is 38.5 Å². The Balaban J connectivity index is 2.11. The van der Waals surface area contributed by atoms with Gasteiger partial charge in [-0.1, -0.05) is 6.92 Å². The van der Waals surface area contributed by atoms with Gasteiger partial charge in [-0.2, -0.15) is 0 Å². The minimum Gasteiger partial charge on any atom is -0.399 e. The monoisotopic (exact) mass is 286 g/mol. The van der Waals surface area contributed by atoms with Crippen LogP contribution in [-0.4, -0.2) is 14.5 Å². The summed E-state index contributed by atoms with van der Waals surface area (Å²) in [4.78, 5) is 10.5. The van der Waals surface area contributed by atoms with E-state index in [2.05, 4.69) is 28.4 Å². The lowest BCUT2D eigenvalue weighted by molar-refractivity contribution is 0.633. The van der Waals surface area contributed by atoms with Gasteiger partial charge in [0.25, 0.3) is 0 Å². The summed E-state index contributed by atoms with van der Waals surface area (Å²) in [6, 6.07) is 6.07. The zero-order valence-corrected chi connectivity index (χ0v) is 12.7. The van der Waals surface area contributed by atoms with Crippen LogP contribution in [0.3, 0.4) is 0 Å². The van der Waals surface area contributed by atoms with Gasteiger partial charge in [-0.15, -0.1) is 11.3 Å². The van der Waals surface area contributed by atoms with Crippen LogP contribution in [0, 0.1) is 6.92 Å². The standard InChI is InChI=1S/C15H18N4S/c1-4-12-8-17-15(20-12)9(2)19-10(3)18-13-7-11(16)5-6-14(13)19/h5-9H,4,16H2,1-3H3. The number of nitrogen functional groups attached to an aromatic ring is 1. The second kappa shape index (κ2) is 4.90. The van der Waals surface area contributed by atoms with Crippen LogP contribution in [-0.2, 0) is 6.42 Å². The topological polar surface area (TPSA) is 56.7 Å². The fraction of sp³-hybridized carbons (Fsp3) is 0.333. The summed E-state index contributed by atoms with van der Waals surface area (Å²) in [6.07, 6.45) is 3.01. The zero-order valence-electron chi connectivity index (χ0n) is 11.9. The highest BCUT2D eigenvalue weighted by molar-refractivity contribution is 7.11. The molecule has 0 saturated carbocycles. The number of imidazole rings is 1. The Morgan fingerprint density at radius 2 is 2.20 bits per heavy atom. The summed E-state index contributed by atoms with van der Waals surface area (Å²) in [5, 5.41) is 1.13. The molecule has 4 nitrogen and oxygen atoms in total. The molecule has 20 heavy (non-hydrogen) atoms. The van der Waals surface area contributed by atoms with Crippen molar-refractivity contribution in [1.29, 1.82) is 0 Å². The fourth-order valence-electron chi connectivity index (χ4n) is 2.51. The van der Waals surface area contributed by atoms with Gasteiger partial charge in [-0.25, -0.2) is 9.97 Å². The molecular formula is C15H18N4S. The van der Waals surface area contributed by atoms with Gasteiger partial charge in [-0.3, -0.25) is 0 Å². The molecule has 2 N–H and O–H groups in total. The Hall–Kier alpha value is -1.88. The molecule has 0 saturated heterocycles. The first kappa shape index (κ1) is 13.1. The second-order valence-electron chi connectivity index (χ2n) is 4.97. The number of thiazole rings is 1. The van der Waals surface area contributed by atoms with E-state index in [0.717, 1.165) is 34.0 Å². The van der Waals surface area contributed by atoms with Crippen molar-refractivity contribution >= 4 is 28.1 Å². The van der Waals surface area contributed by atoms with Crippen LogP contribution >= 0.6 is 11.3 Å². The predicted molar refractivity (Wildman–Crippen MR) is 84.2 cm³/mol. The van der Waals surface area contributed by atoms with Gasteiger partial charge < -0.3 is 10.3 Å². The Kier molecular flexibility index (Phi) is 3.22. The lowest BCUT2D eigenvalue weighted by Crippen LogP contribution is -2.08. The average molecular weight is 286 g/mol. The predicted octanol–water partition coefficient (Wildman–Crippen LogP) is 3.56. The molecule has 1 unspecified atom stereocenters. The van der Waals surface area contributed by atoms with E-state index < -0.39 is 0 Å². The molecule has 0 radical (unpaired) electrons. The van der Waals surface area contributed by atoms with E-state index in [1.165, 1.54) is 4.88 Å². The molecule has 0 aliphatic rings. The number of nitrogens with zero attached hydrogens (tertiary/aromatic N) is 3. The third-order valence-electron chi connectivity index (χ3n) is 3.55. The van der Waals surface area contributed by atoms with Gasteiger partial charge >= 0.3 is 0 Å². The maximum absolute atomic E-state index is 5.83. The minimum absolute atomic E-state index is 0.189. The Morgan fingerprint density at radius 3 is 2.90 bits per heavy atom. The Morgan fingerprint density at radius 1 is 1.40 bits per heavy atom. The number of anilines is 1. The number of nitrogens with two attached hydrogens (primary N) is 1. The van der Waals surface area contributed by atoms with Gasteiger partial charge in [0, 0.05) is 16.8 Å². The zero-order chi connectivity index (χ0) is 14.3. The molecule has 1 aromatic carbocycles. The van der Waals surface area contributed by atoms with Crippen molar-refractivity contribution in [1.82, 2.24) is 14.5 Å². The van der Waals surface area contributed by atoms with Crippen LogP contribution in [0.25, 0.3) is 11.0 Å². The molecule has 1 atom stereocenters. The summed E-state index contributed by atoms with van der Waals surface area (Å²) >= 11 is 1.78. The molecule has 0 aliphatic carbocycles. The molecule has 3 rings (SSSR count). The number of rotatable bonds is 3. The van der Waals surface area contributed by atoms with Gasteiger partial charge in [0.15, 0.2) is 0 Å². The summed E-state index contributed by atoms with van der Waals surface area (Å²) < 4.78 is 2.23. The number of hydrogen-bond acceptors (Lipinski definition) is 4. The molecule has 104 valence electrons. The lowest BCUT2D eigenvalue weighted by Gasteiger charge is -2.13. The molecule has 0 fully saturated rings. The molecule has 2 heterocycles. The molecule has 5 heteroatoms. The van der Waals surface area contributed by atoms with Gasteiger partial charge in [0.2, 0.25) is 0 Å². The highest BCUT2D eigenvalue weighted by Gasteiger charge is 2.17. The van der Waals surface area contributed by atoms with Crippen molar-refractivity contribution in [3.63, 3.8) is 0 Å². The van der Waals surface area contributed by atoms with Crippen molar-refractivity contribution in [2.75, 3.05) is 5.73 Å². The van der Waals surface area contributed by atoms with E-state index >= 15 is 0 Å². The van der Waals surface area contributed by atoms with Crippen molar-refractivity contribution in [2.24, 2.45) is 0 Å². The van der Waals surface area contributed by atoms with E-state index in [-0.39, 0.29) is 6.04 Å². The van der Waals surface area contributed by atoms with E-state index in [0.29, 0.717) is 0 Å². The third-order valence-corrected chi connectivity index (χ3v) is 4.87. The molecule has 2 aromatic heterocycles. The van der Waals surface area contributed by atoms with Crippen LogP contribution in [0.4, 0.5) is 5.69 Å². The molecule has 0 aliphatic heterocycles. The van der Waals surface area contributed by atoms with Crippen LogP contribution in [0.15, 0.2) is 24.4 Å². The number of hydrogen-bond donors (Lipinski definition) is 1. The number of aromatic nitrogens is 3. The number of fused-ring (bicyclic) bond motifs is 1. The summed E-state index contributed by atoms with van der Waals surface area (Å²) in [7, 11) is 0.